The second-order valence-electron chi connectivity index (χ2n) is 20.7. The fourth-order valence-corrected chi connectivity index (χ4v) is 13.8. The number of fused-ring (bicyclic) bond motifs is 18. The van der Waals surface area contributed by atoms with Crippen molar-refractivity contribution in [2.75, 3.05) is 4.90 Å². The van der Waals surface area contributed by atoms with Crippen LogP contribution in [0.25, 0.3) is 93.7 Å². The topological polar surface area (TPSA) is 8.17 Å². The standard InChI is InChI=1S/C74H48N2/c1-3-22-49(23-4-1)50-24-19-21-48(43-50)44-51-45-54(47-69-72(51)64-34-13-17-38-68(64)74(69)66-36-15-11-31-60(66)61-32-12-16-37-67(61)74)75(53-41-42-59-57-29-8-7-27-55(57)56-28-9-10-30-58(56)65(59)46-53)71-40-20-35-63-62-33-14-18-39-70(62)76(73(63)71)52-25-5-2-6-26-52/h1-44,46-47H,45H2/b51-44+. The van der Waals surface area contributed by atoms with Crippen molar-refractivity contribution in [1.29, 1.82) is 0 Å². The van der Waals surface area contributed by atoms with E-state index in [1.165, 1.54) is 127 Å². The van der Waals surface area contributed by atoms with Gasteiger partial charge in [-0.15, -0.1) is 0 Å². The third-order valence-corrected chi connectivity index (χ3v) is 16.8. The normalized spacial score (nSPS) is 14.7. The van der Waals surface area contributed by atoms with Crippen LogP contribution in [0.2, 0.25) is 0 Å². The maximum absolute atomic E-state index is 2.63. The zero-order chi connectivity index (χ0) is 49.9. The van der Waals surface area contributed by atoms with E-state index in [4.69, 9.17) is 0 Å². The van der Waals surface area contributed by atoms with E-state index in [9.17, 15) is 0 Å². The Kier molecular flexibility index (Phi) is 9.35. The van der Waals surface area contributed by atoms with Gasteiger partial charge in [-0.2, -0.15) is 0 Å². The van der Waals surface area contributed by atoms with Crippen molar-refractivity contribution in [2.45, 2.75) is 11.8 Å². The van der Waals surface area contributed by atoms with Gasteiger partial charge in [0.25, 0.3) is 0 Å². The molecule has 12 aromatic carbocycles. The van der Waals surface area contributed by atoms with Gasteiger partial charge in [-0.25, -0.2) is 0 Å². The summed E-state index contributed by atoms with van der Waals surface area (Å²) < 4.78 is 2.49. The molecule has 0 saturated carbocycles. The predicted molar refractivity (Wildman–Crippen MR) is 320 cm³/mol. The first-order chi connectivity index (χ1) is 37.7. The van der Waals surface area contributed by atoms with Crippen LogP contribution < -0.4 is 4.90 Å². The number of aromatic nitrogens is 1. The van der Waals surface area contributed by atoms with Crippen molar-refractivity contribution < 1.29 is 0 Å². The molecule has 1 aromatic heterocycles. The number of hydrogen-bond donors (Lipinski definition) is 0. The Hall–Kier alpha value is -9.76. The Morgan fingerprint density at radius 1 is 0.395 bits per heavy atom. The zero-order valence-electron chi connectivity index (χ0n) is 41.7. The Morgan fingerprint density at radius 2 is 0.921 bits per heavy atom. The molecule has 0 bridgehead atoms. The van der Waals surface area contributed by atoms with Gasteiger partial charge >= 0.3 is 0 Å². The van der Waals surface area contributed by atoms with E-state index >= 15 is 0 Å². The van der Waals surface area contributed by atoms with Crippen LogP contribution in [0, 0.1) is 0 Å². The molecule has 16 rings (SSSR count). The summed E-state index contributed by atoms with van der Waals surface area (Å²) in [5.41, 5.74) is 21.8. The van der Waals surface area contributed by atoms with Crippen LogP contribution in [0.15, 0.2) is 290 Å². The molecule has 354 valence electrons. The summed E-state index contributed by atoms with van der Waals surface area (Å²) in [6.07, 6.45) is 5.79. The highest BCUT2D eigenvalue weighted by atomic mass is 15.2. The highest BCUT2D eigenvalue weighted by Gasteiger charge is 2.53. The van der Waals surface area contributed by atoms with Crippen molar-refractivity contribution >= 4 is 77.1 Å². The molecular weight excluding hydrogens is 917 g/mol. The molecule has 3 aliphatic carbocycles. The monoisotopic (exact) mass is 964 g/mol. The quantitative estimate of drug-likeness (QED) is 0.151. The lowest BCUT2D eigenvalue weighted by Gasteiger charge is -2.36. The summed E-state index contributed by atoms with van der Waals surface area (Å²) in [6.45, 7) is 0. The highest BCUT2D eigenvalue weighted by Crippen LogP contribution is 2.65. The molecule has 0 N–H and O–H groups in total. The predicted octanol–water partition coefficient (Wildman–Crippen LogP) is 19.2. The van der Waals surface area contributed by atoms with Crippen molar-refractivity contribution in [3.8, 4) is 27.9 Å². The Morgan fingerprint density at radius 3 is 1.62 bits per heavy atom. The molecule has 13 aromatic rings. The molecule has 2 nitrogen and oxygen atoms in total. The summed E-state index contributed by atoms with van der Waals surface area (Å²) in [4.78, 5) is 2.63. The average Bonchev–Trinajstić information content (AvgIpc) is 4.31. The summed E-state index contributed by atoms with van der Waals surface area (Å²) in [5.74, 6) is 0. The number of para-hydroxylation sites is 3. The van der Waals surface area contributed by atoms with Gasteiger partial charge in [-0.05, 0) is 148 Å². The second-order valence-corrected chi connectivity index (χ2v) is 20.7. The van der Waals surface area contributed by atoms with Crippen molar-refractivity contribution in [3.05, 3.63) is 318 Å². The van der Waals surface area contributed by atoms with Gasteiger partial charge in [0.1, 0.15) is 0 Å². The van der Waals surface area contributed by atoms with Crippen LogP contribution in [0.5, 0.6) is 0 Å². The number of nitrogens with zero attached hydrogens (tertiary/aromatic N) is 2. The van der Waals surface area contributed by atoms with E-state index in [0.717, 1.165) is 17.1 Å². The summed E-state index contributed by atoms with van der Waals surface area (Å²) in [7, 11) is 0. The largest absolute Gasteiger partial charge is 0.312 e. The fraction of sp³-hybridized carbons (Fsp3) is 0.0270. The van der Waals surface area contributed by atoms with Crippen molar-refractivity contribution in [3.63, 3.8) is 0 Å². The summed E-state index contributed by atoms with van der Waals surface area (Å²) in [5, 5.41) is 9.98. The van der Waals surface area contributed by atoms with E-state index < -0.39 is 5.41 Å². The van der Waals surface area contributed by atoms with Crippen molar-refractivity contribution in [1.82, 2.24) is 4.57 Å². The minimum atomic E-state index is -0.565. The SMILES string of the molecule is C1=C(N(c2ccc3c4ccccc4c4ccccc4c3c2)c2cccc3c4ccccc4n(-c4ccccc4)c23)C/C(=C\c2cccc(-c3ccccc3)c2)C2=C1C1(c3ccccc32)c2ccccc2-c2ccccc21. The van der Waals surface area contributed by atoms with Crippen LogP contribution >= 0.6 is 0 Å². The van der Waals surface area contributed by atoms with Gasteiger partial charge in [0.2, 0.25) is 0 Å². The first-order valence-electron chi connectivity index (χ1n) is 26.5. The van der Waals surface area contributed by atoms with Gasteiger partial charge in [0.15, 0.2) is 0 Å². The Balaban J connectivity index is 1.04. The number of benzene rings is 12. The van der Waals surface area contributed by atoms with Crippen LogP contribution in [0.4, 0.5) is 11.4 Å². The first-order valence-corrected chi connectivity index (χ1v) is 26.5. The molecule has 0 aliphatic heterocycles. The molecule has 0 saturated heterocycles. The lowest BCUT2D eigenvalue weighted by molar-refractivity contribution is 0.780. The minimum absolute atomic E-state index is 0.565. The number of allylic oxidation sites excluding steroid dienone is 4. The first kappa shape index (κ1) is 42.7. The highest BCUT2D eigenvalue weighted by molar-refractivity contribution is 6.26. The smallest absolute Gasteiger partial charge is 0.0782 e. The maximum Gasteiger partial charge on any atom is 0.0782 e. The molecule has 3 aliphatic rings. The molecule has 1 heterocycles. The van der Waals surface area contributed by atoms with Gasteiger partial charge in [-0.1, -0.05) is 231 Å². The van der Waals surface area contributed by atoms with E-state index in [0.29, 0.717) is 6.42 Å². The van der Waals surface area contributed by atoms with Crippen LogP contribution in [-0.4, -0.2) is 4.57 Å². The Labute approximate surface area is 441 Å². The molecule has 0 amide bonds. The molecule has 2 heteroatoms. The zero-order valence-corrected chi connectivity index (χ0v) is 41.7. The number of rotatable bonds is 6. The molecular formula is C74H48N2. The van der Waals surface area contributed by atoms with E-state index in [2.05, 4.69) is 289 Å². The minimum Gasteiger partial charge on any atom is -0.312 e. The number of hydrogen-bond acceptors (Lipinski definition) is 1. The van der Waals surface area contributed by atoms with Gasteiger partial charge in [0, 0.05) is 34.3 Å². The van der Waals surface area contributed by atoms with Crippen LogP contribution in [-0.2, 0) is 5.41 Å². The number of anilines is 2. The van der Waals surface area contributed by atoms with E-state index in [1.807, 2.05) is 0 Å². The summed E-state index contributed by atoms with van der Waals surface area (Å²) in [6, 6.07) is 99.4. The van der Waals surface area contributed by atoms with Crippen molar-refractivity contribution in [2.24, 2.45) is 0 Å². The third kappa shape index (κ3) is 6.10. The van der Waals surface area contributed by atoms with Crippen LogP contribution in [0.1, 0.15) is 34.2 Å². The molecule has 0 fully saturated rings. The van der Waals surface area contributed by atoms with Gasteiger partial charge in [0.05, 0.1) is 22.1 Å². The molecule has 1 spiro atoms. The molecule has 0 atom stereocenters. The third-order valence-electron chi connectivity index (χ3n) is 16.8. The summed E-state index contributed by atoms with van der Waals surface area (Å²) >= 11 is 0. The molecule has 76 heavy (non-hydrogen) atoms. The maximum atomic E-state index is 2.63. The lowest BCUT2D eigenvalue weighted by Crippen LogP contribution is -2.29. The fourth-order valence-electron chi connectivity index (χ4n) is 13.8. The lowest BCUT2D eigenvalue weighted by atomic mass is 9.68. The Bertz CT molecular complexity index is 4580. The molecule has 0 unspecified atom stereocenters. The molecule has 0 radical (unpaired) electrons. The van der Waals surface area contributed by atoms with Gasteiger partial charge in [-0.3, -0.25) is 0 Å². The average molecular weight is 965 g/mol. The van der Waals surface area contributed by atoms with E-state index in [-0.39, 0.29) is 0 Å². The van der Waals surface area contributed by atoms with Crippen LogP contribution in [0.3, 0.4) is 0 Å². The second kappa shape index (κ2) is 16.6. The van der Waals surface area contributed by atoms with E-state index in [1.54, 1.807) is 0 Å². The van der Waals surface area contributed by atoms with Gasteiger partial charge < -0.3 is 9.47 Å².